The number of thioether (sulfide) groups is 1. The first-order valence-corrected chi connectivity index (χ1v) is 5.08. The first-order valence-electron chi connectivity index (χ1n) is 4.09. The molecule has 0 aliphatic heterocycles. The van der Waals surface area contributed by atoms with Gasteiger partial charge in [-0.05, 0) is 19.3 Å². The Morgan fingerprint density at radius 3 is 3.25 bits per heavy atom. The van der Waals surface area contributed by atoms with Gasteiger partial charge in [-0.2, -0.15) is 0 Å². The molecule has 1 aromatic heterocycles. The van der Waals surface area contributed by atoms with Crippen LogP contribution in [0.4, 0.5) is 0 Å². The Balaban J connectivity index is 2.05. The standard InChI is InChI=1S/C8H12N2OS/c1-11-5-12-8-9-6-3-2-4-7(6)10-8/h2-5H2,1H3,(H,9,10). The van der Waals surface area contributed by atoms with E-state index in [9.17, 15) is 0 Å². The lowest BCUT2D eigenvalue weighted by atomic mass is 10.4. The Kier molecular flexibility index (Phi) is 2.37. The van der Waals surface area contributed by atoms with E-state index in [2.05, 4.69) is 9.97 Å². The van der Waals surface area contributed by atoms with E-state index in [4.69, 9.17) is 4.74 Å². The third-order valence-corrected chi connectivity index (χ3v) is 2.82. The number of aryl methyl sites for hydroxylation is 2. The minimum absolute atomic E-state index is 0.673. The van der Waals surface area contributed by atoms with E-state index >= 15 is 0 Å². The molecule has 0 saturated carbocycles. The molecular weight excluding hydrogens is 172 g/mol. The second kappa shape index (κ2) is 3.49. The number of nitrogens with zero attached hydrogens (tertiary/aromatic N) is 1. The molecule has 1 N–H and O–H groups in total. The summed E-state index contributed by atoms with van der Waals surface area (Å²) in [4.78, 5) is 7.76. The van der Waals surface area contributed by atoms with E-state index in [0.29, 0.717) is 5.94 Å². The first kappa shape index (κ1) is 8.13. The molecule has 0 saturated heterocycles. The van der Waals surface area contributed by atoms with Crippen molar-refractivity contribution < 1.29 is 4.74 Å². The third kappa shape index (κ3) is 1.49. The van der Waals surface area contributed by atoms with Gasteiger partial charge >= 0.3 is 0 Å². The summed E-state index contributed by atoms with van der Waals surface area (Å²) in [5.74, 6) is 0.673. The van der Waals surface area contributed by atoms with Crippen molar-refractivity contribution in [2.24, 2.45) is 0 Å². The van der Waals surface area contributed by atoms with Crippen LogP contribution in [-0.2, 0) is 17.6 Å². The Labute approximate surface area is 75.9 Å². The van der Waals surface area contributed by atoms with Gasteiger partial charge in [0.25, 0.3) is 0 Å². The van der Waals surface area contributed by atoms with Crippen LogP contribution < -0.4 is 0 Å². The van der Waals surface area contributed by atoms with Gasteiger partial charge in [0.15, 0.2) is 5.16 Å². The van der Waals surface area contributed by atoms with Crippen molar-refractivity contribution in [3.63, 3.8) is 0 Å². The van der Waals surface area contributed by atoms with Crippen molar-refractivity contribution in [3.8, 4) is 0 Å². The fraction of sp³-hybridized carbons (Fsp3) is 0.625. The molecule has 0 amide bonds. The molecule has 1 aromatic rings. The number of imidazole rings is 1. The molecule has 0 atom stereocenters. The van der Waals surface area contributed by atoms with E-state index < -0.39 is 0 Å². The van der Waals surface area contributed by atoms with Gasteiger partial charge in [-0.25, -0.2) is 4.98 Å². The van der Waals surface area contributed by atoms with Crippen molar-refractivity contribution >= 4 is 11.8 Å². The molecule has 1 heterocycles. The smallest absolute Gasteiger partial charge is 0.168 e. The van der Waals surface area contributed by atoms with Gasteiger partial charge in [-0.3, -0.25) is 0 Å². The summed E-state index contributed by atoms with van der Waals surface area (Å²) in [6.07, 6.45) is 3.55. The Morgan fingerprint density at radius 1 is 1.58 bits per heavy atom. The monoisotopic (exact) mass is 184 g/mol. The summed E-state index contributed by atoms with van der Waals surface area (Å²) in [6, 6.07) is 0. The van der Waals surface area contributed by atoms with E-state index in [1.54, 1.807) is 18.9 Å². The highest BCUT2D eigenvalue weighted by molar-refractivity contribution is 7.99. The second-order valence-electron chi connectivity index (χ2n) is 2.87. The summed E-state index contributed by atoms with van der Waals surface area (Å²) in [5.41, 5.74) is 2.59. The van der Waals surface area contributed by atoms with Gasteiger partial charge in [0.2, 0.25) is 0 Å². The van der Waals surface area contributed by atoms with Crippen molar-refractivity contribution in [1.82, 2.24) is 9.97 Å². The van der Waals surface area contributed by atoms with Crippen molar-refractivity contribution in [1.29, 1.82) is 0 Å². The number of nitrogens with one attached hydrogen (secondary N) is 1. The lowest BCUT2D eigenvalue weighted by molar-refractivity contribution is 0.258. The minimum atomic E-state index is 0.673. The van der Waals surface area contributed by atoms with Gasteiger partial charge < -0.3 is 9.72 Å². The number of rotatable bonds is 3. The third-order valence-electron chi connectivity index (χ3n) is 2.00. The molecule has 3 nitrogen and oxygen atoms in total. The average Bonchev–Trinajstić information content (AvgIpc) is 2.58. The lowest BCUT2D eigenvalue weighted by Crippen LogP contribution is -1.85. The number of aromatic nitrogens is 2. The maximum absolute atomic E-state index is 4.95. The molecule has 1 aliphatic rings. The number of H-pyrrole nitrogens is 1. The Hall–Kier alpha value is -0.480. The number of hydrogen-bond donors (Lipinski definition) is 1. The van der Waals surface area contributed by atoms with Gasteiger partial charge in [-0.1, -0.05) is 11.8 Å². The van der Waals surface area contributed by atoms with Crippen molar-refractivity contribution in [3.05, 3.63) is 11.4 Å². The molecule has 0 unspecified atom stereocenters. The molecule has 1 aliphatic carbocycles. The Bertz CT molecular complexity index is 251. The van der Waals surface area contributed by atoms with Gasteiger partial charge in [-0.15, -0.1) is 0 Å². The normalized spacial score (nSPS) is 15.1. The summed E-state index contributed by atoms with van der Waals surface area (Å²) >= 11 is 1.62. The van der Waals surface area contributed by atoms with E-state index in [1.807, 2.05) is 0 Å². The van der Waals surface area contributed by atoms with Crippen LogP contribution in [0.15, 0.2) is 5.16 Å². The van der Waals surface area contributed by atoms with E-state index in [0.717, 1.165) is 18.0 Å². The summed E-state index contributed by atoms with van der Waals surface area (Å²) in [6.45, 7) is 0. The highest BCUT2D eigenvalue weighted by Crippen LogP contribution is 2.23. The van der Waals surface area contributed by atoms with Crippen molar-refractivity contribution in [2.45, 2.75) is 24.4 Å². The molecule has 0 aromatic carbocycles. The van der Waals surface area contributed by atoms with Crippen LogP contribution in [-0.4, -0.2) is 23.0 Å². The summed E-state index contributed by atoms with van der Waals surface area (Å²) < 4.78 is 4.95. The predicted molar refractivity (Wildman–Crippen MR) is 48.3 cm³/mol. The fourth-order valence-corrected chi connectivity index (χ4v) is 2.05. The molecule has 0 spiro atoms. The molecule has 2 rings (SSSR count). The summed E-state index contributed by atoms with van der Waals surface area (Å²) in [5, 5.41) is 1.00. The lowest BCUT2D eigenvalue weighted by Gasteiger charge is -1.94. The number of ether oxygens (including phenoxy) is 1. The highest BCUT2D eigenvalue weighted by Gasteiger charge is 2.15. The van der Waals surface area contributed by atoms with Gasteiger partial charge in [0.05, 0.1) is 11.6 Å². The van der Waals surface area contributed by atoms with Crippen LogP contribution in [0.2, 0.25) is 0 Å². The van der Waals surface area contributed by atoms with E-state index in [1.165, 1.54) is 17.8 Å². The second-order valence-corrected chi connectivity index (χ2v) is 3.78. The molecule has 0 fully saturated rings. The molecule has 66 valence electrons. The van der Waals surface area contributed by atoms with Crippen LogP contribution in [0.1, 0.15) is 17.8 Å². The van der Waals surface area contributed by atoms with Crippen LogP contribution in [0.3, 0.4) is 0 Å². The maximum atomic E-state index is 4.95. The zero-order valence-corrected chi connectivity index (χ0v) is 7.91. The van der Waals surface area contributed by atoms with E-state index in [-0.39, 0.29) is 0 Å². The SMILES string of the molecule is COCSc1nc2c([nH]1)CCC2. The number of hydrogen-bond acceptors (Lipinski definition) is 3. The predicted octanol–water partition coefficient (Wildman–Crippen LogP) is 1.59. The number of aromatic amines is 1. The first-order chi connectivity index (χ1) is 5.90. The van der Waals surface area contributed by atoms with Crippen LogP contribution in [0, 0.1) is 0 Å². The van der Waals surface area contributed by atoms with Crippen LogP contribution in [0.5, 0.6) is 0 Å². The largest absolute Gasteiger partial charge is 0.374 e. The molecule has 0 bridgehead atoms. The molecule has 12 heavy (non-hydrogen) atoms. The molecule has 0 radical (unpaired) electrons. The minimum Gasteiger partial charge on any atom is -0.374 e. The average molecular weight is 184 g/mol. The van der Waals surface area contributed by atoms with Gasteiger partial charge in [0, 0.05) is 12.8 Å². The zero-order valence-electron chi connectivity index (χ0n) is 7.09. The van der Waals surface area contributed by atoms with Crippen LogP contribution in [0.25, 0.3) is 0 Å². The van der Waals surface area contributed by atoms with Crippen LogP contribution >= 0.6 is 11.8 Å². The van der Waals surface area contributed by atoms with Gasteiger partial charge in [0.1, 0.15) is 0 Å². The summed E-state index contributed by atoms with van der Waals surface area (Å²) in [7, 11) is 1.70. The zero-order chi connectivity index (χ0) is 8.39. The Morgan fingerprint density at radius 2 is 2.50 bits per heavy atom. The molecule has 4 heteroatoms. The van der Waals surface area contributed by atoms with Crippen molar-refractivity contribution in [2.75, 3.05) is 13.0 Å². The number of methoxy groups -OCH3 is 1. The fourth-order valence-electron chi connectivity index (χ4n) is 1.45. The highest BCUT2D eigenvalue weighted by atomic mass is 32.2. The topological polar surface area (TPSA) is 37.9 Å². The quantitative estimate of drug-likeness (QED) is 0.572. The molecular formula is C8H12N2OS. The number of fused-ring (bicyclic) bond motifs is 1. The maximum Gasteiger partial charge on any atom is 0.168 e.